The number of fused-ring (bicyclic) bond motifs is 1. The van der Waals surface area contributed by atoms with Crippen LogP contribution in [0, 0.1) is 0 Å². The van der Waals surface area contributed by atoms with Gasteiger partial charge in [0.1, 0.15) is 17.6 Å². The van der Waals surface area contributed by atoms with Gasteiger partial charge >= 0.3 is 0 Å². The van der Waals surface area contributed by atoms with Crippen molar-refractivity contribution in [1.29, 1.82) is 0 Å². The number of ether oxygens (including phenoxy) is 3. The SMILES string of the molecule is COc1ccc(CN2C(=O)C(=O)/C(=C(\O)c3ccc4c(c3)CC(C)O4)C2c2cccs2)cc1OC. The molecule has 2 aromatic carbocycles. The van der Waals surface area contributed by atoms with Gasteiger partial charge in [0, 0.05) is 23.4 Å². The predicted octanol–water partition coefficient (Wildman–Crippen LogP) is 4.71. The third-order valence-corrected chi connectivity index (χ3v) is 7.25. The number of amides is 1. The third-order valence-electron chi connectivity index (χ3n) is 6.32. The first-order valence-electron chi connectivity index (χ1n) is 11.2. The molecule has 5 rings (SSSR count). The molecule has 1 amide bonds. The second kappa shape index (κ2) is 9.11. The molecule has 0 radical (unpaired) electrons. The van der Waals surface area contributed by atoms with Crippen molar-refractivity contribution in [2.24, 2.45) is 0 Å². The number of methoxy groups -OCH3 is 2. The van der Waals surface area contributed by atoms with E-state index in [0.29, 0.717) is 17.1 Å². The number of aliphatic hydroxyl groups is 1. The Morgan fingerprint density at radius 1 is 1.11 bits per heavy atom. The van der Waals surface area contributed by atoms with Crippen LogP contribution in [0.25, 0.3) is 5.76 Å². The molecule has 1 aromatic heterocycles. The fraction of sp³-hybridized carbons (Fsp3) is 0.259. The molecule has 180 valence electrons. The molecule has 1 fully saturated rings. The minimum atomic E-state index is -0.702. The van der Waals surface area contributed by atoms with Gasteiger partial charge in [-0.1, -0.05) is 12.1 Å². The average molecular weight is 492 g/mol. The Balaban J connectivity index is 1.57. The number of carbonyl (C=O) groups excluding carboxylic acids is 2. The first-order chi connectivity index (χ1) is 16.9. The maximum atomic E-state index is 13.3. The Labute approximate surface area is 207 Å². The number of hydrogen-bond donors (Lipinski definition) is 1. The van der Waals surface area contributed by atoms with Crippen molar-refractivity contribution in [3.63, 3.8) is 0 Å². The predicted molar refractivity (Wildman–Crippen MR) is 132 cm³/mol. The van der Waals surface area contributed by atoms with Crippen LogP contribution in [0.5, 0.6) is 17.2 Å². The van der Waals surface area contributed by atoms with E-state index >= 15 is 0 Å². The summed E-state index contributed by atoms with van der Waals surface area (Å²) in [6.07, 6.45) is 0.777. The first-order valence-corrected chi connectivity index (χ1v) is 12.1. The van der Waals surface area contributed by atoms with Crippen molar-refractivity contribution >= 4 is 28.8 Å². The van der Waals surface area contributed by atoms with Crippen LogP contribution in [0.15, 0.2) is 59.5 Å². The van der Waals surface area contributed by atoms with E-state index in [2.05, 4.69) is 0 Å². The van der Waals surface area contributed by atoms with Gasteiger partial charge in [-0.3, -0.25) is 9.59 Å². The number of ketones is 1. The summed E-state index contributed by atoms with van der Waals surface area (Å²) in [6, 6.07) is 13.8. The van der Waals surface area contributed by atoms with Crippen molar-refractivity contribution in [3.05, 3.63) is 81.1 Å². The van der Waals surface area contributed by atoms with E-state index < -0.39 is 17.7 Å². The zero-order chi connectivity index (χ0) is 24.7. The standard InChI is InChI=1S/C27H25NO6S/c1-15-11-18-13-17(7-9-19(18)34-15)25(29)23-24(22-5-4-10-35-22)28(27(31)26(23)30)14-16-6-8-20(32-2)21(12-16)33-3/h4-10,12-13,15,24,29H,11,14H2,1-3H3/b25-23-. The van der Waals surface area contributed by atoms with E-state index in [1.807, 2.05) is 36.6 Å². The number of aliphatic hydroxyl groups excluding tert-OH is 1. The molecule has 2 atom stereocenters. The lowest BCUT2D eigenvalue weighted by Gasteiger charge is -2.24. The molecule has 7 nitrogen and oxygen atoms in total. The van der Waals surface area contributed by atoms with E-state index in [4.69, 9.17) is 14.2 Å². The maximum absolute atomic E-state index is 13.3. The van der Waals surface area contributed by atoms with Gasteiger partial charge in [0.25, 0.3) is 11.7 Å². The van der Waals surface area contributed by atoms with E-state index in [0.717, 1.165) is 28.2 Å². The average Bonchev–Trinajstić information content (AvgIpc) is 3.57. The Hall–Kier alpha value is -3.78. The van der Waals surface area contributed by atoms with E-state index in [-0.39, 0.29) is 24.0 Å². The molecule has 0 bridgehead atoms. The fourth-order valence-electron chi connectivity index (χ4n) is 4.69. The molecule has 3 aromatic rings. The van der Waals surface area contributed by atoms with Gasteiger partial charge in [-0.25, -0.2) is 0 Å². The van der Waals surface area contributed by atoms with Crippen molar-refractivity contribution in [2.45, 2.75) is 32.0 Å². The lowest BCUT2D eigenvalue weighted by Crippen LogP contribution is -2.28. The van der Waals surface area contributed by atoms with Crippen LogP contribution < -0.4 is 14.2 Å². The lowest BCUT2D eigenvalue weighted by molar-refractivity contribution is -0.140. The quantitative estimate of drug-likeness (QED) is 0.305. The van der Waals surface area contributed by atoms with Crippen molar-refractivity contribution in [1.82, 2.24) is 4.90 Å². The van der Waals surface area contributed by atoms with E-state index in [9.17, 15) is 14.7 Å². The summed E-state index contributed by atoms with van der Waals surface area (Å²) in [5.74, 6) is 0.341. The molecule has 0 spiro atoms. The number of hydrogen-bond acceptors (Lipinski definition) is 7. The van der Waals surface area contributed by atoms with Crippen molar-refractivity contribution in [3.8, 4) is 17.2 Å². The van der Waals surface area contributed by atoms with E-state index in [1.54, 1.807) is 38.5 Å². The van der Waals surface area contributed by atoms with Gasteiger partial charge < -0.3 is 24.2 Å². The molecule has 8 heteroatoms. The Morgan fingerprint density at radius 3 is 2.63 bits per heavy atom. The van der Waals surface area contributed by atoms with Crippen LogP contribution in [-0.2, 0) is 22.6 Å². The first kappa shape index (κ1) is 23.0. The Kier molecular flexibility index (Phi) is 5.98. The second-order valence-corrected chi connectivity index (χ2v) is 9.57. The number of nitrogens with zero attached hydrogens (tertiary/aromatic N) is 1. The van der Waals surface area contributed by atoms with Crippen LogP contribution in [-0.4, -0.2) is 42.0 Å². The monoisotopic (exact) mass is 491 g/mol. The van der Waals surface area contributed by atoms with Gasteiger partial charge in [-0.05, 0) is 59.8 Å². The molecule has 1 N–H and O–H groups in total. The maximum Gasteiger partial charge on any atom is 0.295 e. The molecule has 1 saturated heterocycles. The molecule has 2 aliphatic heterocycles. The van der Waals surface area contributed by atoms with Gasteiger partial charge in [0.2, 0.25) is 0 Å². The number of carbonyl (C=O) groups is 2. The lowest BCUT2D eigenvalue weighted by atomic mass is 9.98. The highest BCUT2D eigenvalue weighted by molar-refractivity contribution is 7.10. The summed E-state index contributed by atoms with van der Waals surface area (Å²) >= 11 is 1.43. The fourth-order valence-corrected chi connectivity index (χ4v) is 5.53. The number of benzene rings is 2. The van der Waals surface area contributed by atoms with Crippen molar-refractivity contribution < 1.29 is 28.9 Å². The highest BCUT2D eigenvalue weighted by Gasteiger charge is 2.46. The second-order valence-electron chi connectivity index (χ2n) is 8.59. The molecular weight excluding hydrogens is 466 g/mol. The molecule has 0 saturated carbocycles. The summed E-state index contributed by atoms with van der Waals surface area (Å²) < 4.78 is 16.5. The van der Waals surface area contributed by atoms with Gasteiger partial charge in [0.05, 0.1) is 25.8 Å². The smallest absolute Gasteiger partial charge is 0.295 e. The number of likely N-dealkylation sites (tertiary alicyclic amines) is 1. The third kappa shape index (κ3) is 4.04. The summed E-state index contributed by atoms with van der Waals surface area (Å²) in [5.41, 5.74) is 2.32. The minimum Gasteiger partial charge on any atom is -0.507 e. The molecule has 0 aliphatic carbocycles. The normalized spacial score (nSPS) is 20.6. The zero-order valence-corrected chi connectivity index (χ0v) is 20.4. The highest BCUT2D eigenvalue weighted by Crippen LogP contribution is 2.43. The Bertz CT molecular complexity index is 1330. The highest BCUT2D eigenvalue weighted by atomic mass is 32.1. The number of thiophene rings is 1. The Morgan fingerprint density at radius 2 is 1.91 bits per heavy atom. The summed E-state index contributed by atoms with van der Waals surface area (Å²) in [7, 11) is 3.10. The molecule has 2 unspecified atom stereocenters. The zero-order valence-electron chi connectivity index (χ0n) is 19.6. The summed E-state index contributed by atoms with van der Waals surface area (Å²) in [6.45, 7) is 2.15. The van der Waals surface area contributed by atoms with Crippen LogP contribution in [0.4, 0.5) is 0 Å². The van der Waals surface area contributed by atoms with Crippen LogP contribution in [0.2, 0.25) is 0 Å². The van der Waals surface area contributed by atoms with Gasteiger partial charge in [-0.15, -0.1) is 11.3 Å². The molecule has 35 heavy (non-hydrogen) atoms. The van der Waals surface area contributed by atoms with Gasteiger partial charge in [-0.2, -0.15) is 0 Å². The summed E-state index contributed by atoms with van der Waals surface area (Å²) in [4.78, 5) is 28.8. The molecule has 2 aliphatic rings. The summed E-state index contributed by atoms with van der Waals surface area (Å²) in [5, 5.41) is 13.2. The molecular formula is C27H25NO6S. The largest absolute Gasteiger partial charge is 0.507 e. The minimum absolute atomic E-state index is 0.0561. The number of Topliss-reactive ketones (excluding diaryl/α,β-unsaturated/α-hetero) is 1. The van der Waals surface area contributed by atoms with Crippen molar-refractivity contribution in [2.75, 3.05) is 14.2 Å². The van der Waals surface area contributed by atoms with Crippen LogP contribution >= 0.6 is 11.3 Å². The topological polar surface area (TPSA) is 85.3 Å². The molecule has 3 heterocycles. The number of rotatable bonds is 6. The van der Waals surface area contributed by atoms with E-state index in [1.165, 1.54) is 16.2 Å². The van der Waals surface area contributed by atoms with Gasteiger partial charge in [0.15, 0.2) is 11.5 Å². The van der Waals surface area contributed by atoms with Crippen LogP contribution in [0.1, 0.15) is 34.5 Å². The van der Waals surface area contributed by atoms with Crippen LogP contribution in [0.3, 0.4) is 0 Å².